The molecule has 4 N–H and O–H groups in total. The van der Waals surface area contributed by atoms with Gasteiger partial charge in [0.2, 0.25) is 0 Å². The van der Waals surface area contributed by atoms with E-state index in [4.69, 9.17) is 10.5 Å². The molecule has 2 heterocycles. The Hall–Kier alpha value is -0.900. The topological polar surface area (TPSA) is 115 Å². The molecule has 1 saturated heterocycles. The van der Waals surface area contributed by atoms with Crippen LogP contribution in [-0.4, -0.2) is 48.0 Å². The number of aromatic nitrogens is 1. The van der Waals surface area contributed by atoms with Crippen LogP contribution in [0.5, 0.6) is 0 Å². The van der Waals surface area contributed by atoms with Crippen molar-refractivity contribution >= 4 is 32.2 Å². The maximum atomic E-state index is 12.4. The van der Waals surface area contributed by atoms with Gasteiger partial charge < -0.3 is 20.9 Å². The zero-order valence-electron chi connectivity index (χ0n) is 11.7. The SMILES string of the molecule is CC1OCCC1(O)CNc1snc(N)c1S(=O)(=O)C1CC1. The van der Waals surface area contributed by atoms with E-state index in [1.165, 1.54) is 0 Å². The minimum absolute atomic E-state index is 0.0390. The maximum Gasteiger partial charge on any atom is 0.187 e. The first-order valence-electron chi connectivity index (χ1n) is 6.91. The largest absolute Gasteiger partial charge is 0.385 e. The first kappa shape index (κ1) is 15.0. The van der Waals surface area contributed by atoms with Gasteiger partial charge in [-0.05, 0) is 31.3 Å². The maximum absolute atomic E-state index is 12.4. The van der Waals surface area contributed by atoms with Crippen LogP contribution in [0.2, 0.25) is 0 Å². The summed E-state index contributed by atoms with van der Waals surface area (Å²) in [6, 6.07) is 0. The summed E-state index contributed by atoms with van der Waals surface area (Å²) in [7, 11) is -3.42. The highest BCUT2D eigenvalue weighted by atomic mass is 32.2. The number of nitrogens with one attached hydrogen (secondary N) is 1. The summed E-state index contributed by atoms with van der Waals surface area (Å²) in [5, 5.41) is 13.5. The fourth-order valence-electron chi connectivity index (χ4n) is 2.46. The van der Waals surface area contributed by atoms with Crippen LogP contribution in [-0.2, 0) is 14.6 Å². The number of nitrogens with two attached hydrogens (primary N) is 1. The van der Waals surface area contributed by atoms with Crippen molar-refractivity contribution in [3.05, 3.63) is 0 Å². The van der Waals surface area contributed by atoms with Crippen molar-refractivity contribution in [2.75, 3.05) is 24.2 Å². The first-order valence-corrected chi connectivity index (χ1v) is 9.23. The molecule has 118 valence electrons. The molecule has 21 heavy (non-hydrogen) atoms. The monoisotopic (exact) mass is 333 g/mol. The van der Waals surface area contributed by atoms with Gasteiger partial charge in [0, 0.05) is 19.6 Å². The molecule has 2 aliphatic rings. The summed E-state index contributed by atoms with van der Waals surface area (Å²) < 4.78 is 34.1. The van der Waals surface area contributed by atoms with Gasteiger partial charge in [0.05, 0.1) is 11.4 Å². The first-order chi connectivity index (χ1) is 9.84. The van der Waals surface area contributed by atoms with Crippen molar-refractivity contribution in [2.45, 2.75) is 48.0 Å². The zero-order valence-corrected chi connectivity index (χ0v) is 13.3. The van der Waals surface area contributed by atoms with Crippen LogP contribution in [0.4, 0.5) is 10.8 Å². The van der Waals surface area contributed by atoms with Gasteiger partial charge in [-0.1, -0.05) is 0 Å². The predicted molar refractivity (Wildman–Crippen MR) is 80.2 cm³/mol. The lowest BCUT2D eigenvalue weighted by atomic mass is 9.97. The highest BCUT2D eigenvalue weighted by molar-refractivity contribution is 7.92. The number of nitrogens with zero attached hydrogens (tertiary/aromatic N) is 1. The standard InChI is InChI=1S/C12H19N3O4S2/c1-7-12(16,4-5-19-7)6-14-11-9(10(13)15-20-11)21(17,18)8-2-3-8/h7-8,14,16H,2-6H2,1H3,(H2,13,15). The Morgan fingerprint density at radius 3 is 2.86 bits per heavy atom. The minimum atomic E-state index is -3.42. The highest BCUT2D eigenvalue weighted by Crippen LogP contribution is 2.41. The molecule has 7 nitrogen and oxygen atoms in total. The molecule has 1 aromatic heterocycles. The van der Waals surface area contributed by atoms with E-state index in [1.807, 2.05) is 0 Å². The number of hydrogen-bond acceptors (Lipinski definition) is 8. The van der Waals surface area contributed by atoms with Crippen molar-refractivity contribution in [3.63, 3.8) is 0 Å². The number of sulfone groups is 1. The summed E-state index contributed by atoms with van der Waals surface area (Å²) >= 11 is 1.01. The van der Waals surface area contributed by atoms with Gasteiger partial charge in [-0.15, -0.1) is 0 Å². The summed E-state index contributed by atoms with van der Waals surface area (Å²) in [6.45, 7) is 2.51. The quantitative estimate of drug-likeness (QED) is 0.723. The molecular formula is C12H19N3O4S2. The molecule has 9 heteroatoms. The van der Waals surface area contributed by atoms with Gasteiger partial charge in [-0.3, -0.25) is 0 Å². The second-order valence-corrected chi connectivity index (χ2v) is 8.63. The van der Waals surface area contributed by atoms with Crippen LogP contribution in [0.1, 0.15) is 26.2 Å². The molecule has 3 rings (SSSR count). The Labute approximate surface area is 127 Å². The van der Waals surface area contributed by atoms with E-state index in [1.54, 1.807) is 6.92 Å². The second kappa shape index (κ2) is 5.08. The van der Waals surface area contributed by atoms with Crippen LogP contribution in [0.25, 0.3) is 0 Å². The molecule has 1 aromatic rings. The average molecular weight is 333 g/mol. The van der Waals surface area contributed by atoms with Gasteiger partial charge >= 0.3 is 0 Å². The molecule has 1 aliphatic carbocycles. The molecule has 1 aliphatic heterocycles. The summed E-state index contributed by atoms with van der Waals surface area (Å²) in [5.74, 6) is 0.0390. The number of aliphatic hydroxyl groups is 1. The normalized spacial score (nSPS) is 29.7. The van der Waals surface area contributed by atoms with E-state index < -0.39 is 15.4 Å². The van der Waals surface area contributed by atoms with Crippen LogP contribution in [0.3, 0.4) is 0 Å². The molecule has 0 amide bonds. The third kappa shape index (κ3) is 2.63. The lowest BCUT2D eigenvalue weighted by molar-refractivity contribution is -0.0175. The van der Waals surface area contributed by atoms with E-state index in [0.29, 0.717) is 30.9 Å². The van der Waals surface area contributed by atoms with E-state index in [9.17, 15) is 13.5 Å². The van der Waals surface area contributed by atoms with Crippen LogP contribution in [0, 0.1) is 0 Å². The number of nitrogen functional groups attached to an aromatic ring is 1. The summed E-state index contributed by atoms with van der Waals surface area (Å²) in [6.07, 6.45) is 1.57. The Kier molecular flexibility index (Phi) is 3.63. The Morgan fingerprint density at radius 1 is 1.57 bits per heavy atom. The molecule has 0 radical (unpaired) electrons. The number of rotatable bonds is 5. The molecule has 2 unspecified atom stereocenters. The Morgan fingerprint density at radius 2 is 2.29 bits per heavy atom. The zero-order chi connectivity index (χ0) is 15.3. The second-order valence-electron chi connectivity index (χ2n) is 5.69. The smallest absolute Gasteiger partial charge is 0.187 e. The lowest BCUT2D eigenvalue weighted by Gasteiger charge is -2.26. The van der Waals surface area contributed by atoms with Crippen molar-refractivity contribution < 1.29 is 18.3 Å². The van der Waals surface area contributed by atoms with Crippen molar-refractivity contribution in [1.29, 1.82) is 0 Å². The minimum Gasteiger partial charge on any atom is -0.385 e. The molecule has 1 saturated carbocycles. The molecular weight excluding hydrogens is 314 g/mol. The third-order valence-corrected chi connectivity index (χ3v) is 7.42. The molecule has 0 bridgehead atoms. The molecule has 0 aromatic carbocycles. The fourth-order valence-corrected chi connectivity index (χ4v) is 5.34. The van der Waals surface area contributed by atoms with Crippen molar-refractivity contribution in [1.82, 2.24) is 4.37 Å². The fraction of sp³-hybridized carbons (Fsp3) is 0.750. The molecule has 0 spiro atoms. The van der Waals surface area contributed by atoms with Gasteiger partial charge in [0.25, 0.3) is 0 Å². The average Bonchev–Trinajstić information content (AvgIpc) is 3.14. The van der Waals surface area contributed by atoms with Gasteiger partial charge in [0.1, 0.15) is 15.5 Å². The number of ether oxygens (including phenoxy) is 1. The van der Waals surface area contributed by atoms with Crippen molar-refractivity contribution in [2.24, 2.45) is 0 Å². The van der Waals surface area contributed by atoms with Crippen molar-refractivity contribution in [3.8, 4) is 0 Å². The predicted octanol–water partition coefficient (Wildman–Crippen LogP) is 0.613. The molecule has 2 fully saturated rings. The lowest BCUT2D eigenvalue weighted by Crippen LogP contribution is -2.43. The third-order valence-electron chi connectivity index (χ3n) is 4.14. The van der Waals surface area contributed by atoms with E-state index in [0.717, 1.165) is 11.5 Å². The highest BCUT2D eigenvalue weighted by Gasteiger charge is 2.42. The Bertz CT molecular complexity index is 641. The molecule has 2 atom stereocenters. The van der Waals surface area contributed by atoms with Crippen LogP contribution in [0.15, 0.2) is 4.90 Å². The van der Waals surface area contributed by atoms with E-state index >= 15 is 0 Å². The van der Waals surface area contributed by atoms with Crippen LogP contribution < -0.4 is 11.1 Å². The summed E-state index contributed by atoms with van der Waals surface area (Å²) in [5.41, 5.74) is 4.73. The van der Waals surface area contributed by atoms with E-state index in [-0.39, 0.29) is 28.6 Å². The Balaban J connectivity index is 1.81. The van der Waals surface area contributed by atoms with Gasteiger partial charge in [-0.2, -0.15) is 4.37 Å². The number of hydrogen-bond donors (Lipinski definition) is 3. The van der Waals surface area contributed by atoms with Gasteiger partial charge in [0.15, 0.2) is 15.7 Å². The van der Waals surface area contributed by atoms with Crippen LogP contribution >= 0.6 is 11.5 Å². The van der Waals surface area contributed by atoms with E-state index in [2.05, 4.69) is 9.69 Å². The van der Waals surface area contributed by atoms with Gasteiger partial charge in [-0.25, -0.2) is 8.42 Å². The summed E-state index contributed by atoms with van der Waals surface area (Å²) in [4.78, 5) is 0.0881. The number of anilines is 2.